The Hall–Kier alpha value is -1.99. The number of guanidine groups is 1. The molecule has 1 atom stereocenters. The molecule has 1 unspecified atom stereocenters. The van der Waals surface area contributed by atoms with Crippen molar-refractivity contribution in [3.8, 4) is 0 Å². The van der Waals surface area contributed by atoms with Crippen LogP contribution in [0.1, 0.15) is 12.8 Å². The Labute approximate surface area is 128 Å². The van der Waals surface area contributed by atoms with E-state index in [0.717, 1.165) is 19.0 Å². The van der Waals surface area contributed by atoms with Gasteiger partial charge in [0.15, 0.2) is 0 Å². The first-order valence-corrected chi connectivity index (χ1v) is 7.08. The molecule has 0 saturated carbocycles. The molecular formula is C15H21F2N5. The maximum atomic E-state index is 13.6. The molecule has 1 aliphatic heterocycles. The van der Waals surface area contributed by atoms with Gasteiger partial charge in [-0.25, -0.2) is 13.8 Å². The van der Waals surface area contributed by atoms with Crippen LogP contribution in [0.2, 0.25) is 0 Å². The van der Waals surface area contributed by atoms with Crippen LogP contribution >= 0.6 is 0 Å². The van der Waals surface area contributed by atoms with E-state index >= 15 is 0 Å². The van der Waals surface area contributed by atoms with E-state index in [-0.39, 0.29) is 5.69 Å². The van der Waals surface area contributed by atoms with Gasteiger partial charge in [-0.3, -0.25) is 0 Å². The van der Waals surface area contributed by atoms with Crippen LogP contribution in [-0.4, -0.2) is 37.2 Å². The Balaban J connectivity index is 2.04. The summed E-state index contributed by atoms with van der Waals surface area (Å²) in [6, 6.07) is 3.31. The number of nitrogens with two attached hydrogens (primary N) is 1. The van der Waals surface area contributed by atoms with E-state index in [4.69, 9.17) is 5.73 Å². The number of anilines is 1. The Morgan fingerprint density at radius 3 is 2.82 bits per heavy atom. The van der Waals surface area contributed by atoms with Crippen LogP contribution in [0.25, 0.3) is 0 Å². The summed E-state index contributed by atoms with van der Waals surface area (Å²) >= 11 is 0. The van der Waals surface area contributed by atoms with Gasteiger partial charge in [0.1, 0.15) is 17.3 Å². The number of hydrogen-bond donors (Lipinski definition) is 3. The number of nitrogens with one attached hydrogen (secondary N) is 2. The normalized spacial score (nSPS) is 20.7. The Bertz CT molecular complexity index is 585. The topological polar surface area (TPSA) is 65.7 Å². The summed E-state index contributed by atoms with van der Waals surface area (Å²) in [7, 11) is 3.99. The third-order valence-corrected chi connectivity index (χ3v) is 3.28. The van der Waals surface area contributed by atoms with Crippen LogP contribution in [0.15, 0.2) is 35.5 Å². The summed E-state index contributed by atoms with van der Waals surface area (Å²) in [6.07, 6.45) is 5.00. The van der Waals surface area contributed by atoms with Crippen molar-refractivity contribution < 1.29 is 8.78 Å². The predicted molar refractivity (Wildman–Crippen MR) is 84.4 cm³/mol. The molecule has 1 aliphatic rings. The largest absolute Gasteiger partial charge is 0.333 e. The molecule has 0 amide bonds. The highest BCUT2D eigenvalue weighted by molar-refractivity contribution is 5.95. The lowest BCUT2D eigenvalue weighted by Gasteiger charge is -2.27. The van der Waals surface area contributed by atoms with Crippen LogP contribution in [0, 0.1) is 11.6 Å². The van der Waals surface area contributed by atoms with E-state index in [9.17, 15) is 8.78 Å². The van der Waals surface area contributed by atoms with Crippen LogP contribution in [0.5, 0.6) is 0 Å². The maximum absolute atomic E-state index is 13.6. The van der Waals surface area contributed by atoms with Crippen molar-refractivity contribution in [3.63, 3.8) is 0 Å². The monoisotopic (exact) mass is 309 g/mol. The molecular weight excluding hydrogens is 288 g/mol. The second-order valence-corrected chi connectivity index (χ2v) is 5.59. The van der Waals surface area contributed by atoms with Crippen molar-refractivity contribution in [1.82, 2.24) is 10.2 Å². The quantitative estimate of drug-likeness (QED) is 0.776. The lowest BCUT2D eigenvalue weighted by Crippen LogP contribution is -2.44. The molecule has 120 valence electrons. The summed E-state index contributed by atoms with van der Waals surface area (Å²) in [5.41, 5.74) is 5.53. The zero-order chi connectivity index (χ0) is 16.2. The molecule has 0 radical (unpaired) electrons. The van der Waals surface area contributed by atoms with Gasteiger partial charge in [0.25, 0.3) is 0 Å². The number of hydrogen-bond acceptors (Lipinski definition) is 5. The van der Waals surface area contributed by atoms with E-state index in [1.54, 1.807) is 12.3 Å². The number of rotatable bonds is 5. The molecule has 0 fully saturated rings. The lowest BCUT2D eigenvalue weighted by molar-refractivity contribution is 0.367. The van der Waals surface area contributed by atoms with Crippen molar-refractivity contribution in [2.75, 3.05) is 26.0 Å². The molecule has 1 heterocycles. The fourth-order valence-corrected chi connectivity index (χ4v) is 2.14. The lowest BCUT2D eigenvalue weighted by atomic mass is 10.0. The SMILES string of the molecule is CN(C)CCCC1(N)C=CNC(Nc2ccc(F)cc2F)=N1. The second kappa shape index (κ2) is 6.85. The first kappa shape index (κ1) is 16.4. The first-order valence-electron chi connectivity index (χ1n) is 7.08. The standard InChI is InChI=1S/C15H21F2N5/c1-22(2)9-3-6-15(18)7-8-19-14(21-15)20-13-5-4-11(16)10-12(13)17/h4-5,7-8,10H,3,6,9,18H2,1-2H3,(H2,19,20,21). The van der Waals surface area contributed by atoms with E-state index in [0.29, 0.717) is 12.4 Å². The van der Waals surface area contributed by atoms with Gasteiger partial charge in [-0.05, 0) is 51.7 Å². The number of aliphatic imine (C=N–C) groups is 1. The van der Waals surface area contributed by atoms with Gasteiger partial charge < -0.3 is 21.3 Å². The van der Waals surface area contributed by atoms with Gasteiger partial charge in [0.2, 0.25) is 5.96 Å². The molecule has 2 rings (SSSR count). The van der Waals surface area contributed by atoms with E-state index < -0.39 is 17.3 Å². The Morgan fingerprint density at radius 1 is 1.36 bits per heavy atom. The van der Waals surface area contributed by atoms with Crippen LogP contribution in [-0.2, 0) is 0 Å². The predicted octanol–water partition coefficient (Wildman–Crippen LogP) is 1.85. The third-order valence-electron chi connectivity index (χ3n) is 3.28. The molecule has 0 saturated heterocycles. The first-order chi connectivity index (χ1) is 10.4. The van der Waals surface area contributed by atoms with Crippen LogP contribution in [0.4, 0.5) is 14.5 Å². The Morgan fingerprint density at radius 2 is 2.14 bits per heavy atom. The average molecular weight is 309 g/mol. The Kier molecular flexibility index (Phi) is 5.10. The summed E-state index contributed by atoms with van der Waals surface area (Å²) in [6.45, 7) is 0.908. The summed E-state index contributed by atoms with van der Waals surface area (Å²) < 4.78 is 26.6. The molecule has 5 nitrogen and oxygen atoms in total. The molecule has 22 heavy (non-hydrogen) atoms. The zero-order valence-electron chi connectivity index (χ0n) is 12.7. The van der Waals surface area contributed by atoms with Gasteiger partial charge in [0.05, 0.1) is 5.69 Å². The highest BCUT2D eigenvalue weighted by Gasteiger charge is 2.24. The van der Waals surface area contributed by atoms with Crippen molar-refractivity contribution in [3.05, 3.63) is 42.1 Å². The molecule has 0 bridgehead atoms. The highest BCUT2D eigenvalue weighted by atomic mass is 19.1. The number of halogens is 2. The van der Waals surface area contributed by atoms with Crippen molar-refractivity contribution >= 4 is 11.6 Å². The molecule has 1 aromatic rings. The summed E-state index contributed by atoms with van der Waals surface area (Å²) in [4.78, 5) is 6.45. The minimum Gasteiger partial charge on any atom is -0.333 e. The van der Waals surface area contributed by atoms with Crippen molar-refractivity contribution in [2.45, 2.75) is 18.5 Å². The van der Waals surface area contributed by atoms with Gasteiger partial charge in [-0.2, -0.15) is 0 Å². The molecule has 0 aromatic heterocycles. The van der Waals surface area contributed by atoms with Gasteiger partial charge in [-0.15, -0.1) is 0 Å². The number of nitrogens with zero attached hydrogens (tertiary/aromatic N) is 2. The highest BCUT2D eigenvalue weighted by Crippen LogP contribution is 2.19. The van der Waals surface area contributed by atoms with Gasteiger partial charge >= 0.3 is 0 Å². The molecule has 7 heteroatoms. The van der Waals surface area contributed by atoms with E-state index in [1.807, 2.05) is 14.1 Å². The fourth-order valence-electron chi connectivity index (χ4n) is 2.14. The molecule has 0 aliphatic carbocycles. The summed E-state index contributed by atoms with van der Waals surface area (Å²) in [5.74, 6) is -0.979. The van der Waals surface area contributed by atoms with E-state index in [2.05, 4.69) is 20.5 Å². The molecule has 1 aromatic carbocycles. The fraction of sp³-hybridized carbons (Fsp3) is 0.400. The number of benzene rings is 1. The maximum Gasteiger partial charge on any atom is 0.202 e. The summed E-state index contributed by atoms with van der Waals surface area (Å²) in [5, 5.41) is 5.66. The van der Waals surface area contributed by atoms with Crippen molar-refractivity contribution in [1.29, 1.82) is 0 Å². The van der Waals surface area contributed by atoms with Crippen molar-refractivity contribution in [2.24, 2.45) is 10.7 Å². The average Bonchev–Trinajstić information content (AvgIpc) is 2.41. The smallest absolute Gasteiger partial charge is 0.202 e. The second-order valence-electron chi connectivity index (χ2n) is 5.59. The minimum absolute atomic E-state index is 0.138. The molecule has 4 N–H and O–H groups in total. The molecule has 0 spiro atoms. The minimum atomic E-state index is -0.833. The van der Waals surface area contributed by atoms with E-state index in [1.165, 1.54) is 12.1 Å². The van der Waals surface area contributed by atoms with Crippen LogP contribution < -0.4 is 16.4 Å². The zero-order valence-corrected chi connectivity index (χ0v) is 12.7. The third kappa shape index (κ3) is 4.51. The van der Waals surface area contributed by atoms with Gasteiger partial charge in [0, 0.05) is 12.3 Å². The van der Waals surface area contributed by atoms with Gasteiger partial charge in [-0.1, -0.05) is 0 Å². The van der Waals surface area contributed by atoms with Crippen LogP contribution in [0.3, 0.4) is 0 Å².